The predicted octanol–water partition coefficient (Wildman–Crippen LogP) is 5.48. The lowest BCUT2D eigenvalue weighted by Crippen LogP contribution is -2.53. The van der Waals surface area contributed by atoms with Crippen LogP contribution in [0, 0.1) is 30.6 Å². The molecule has 1 saturated carbocycles. The molecule has 0 aromatic heterocycles. The van der Waals surface area contributed by atoms with Crippen LogP contribution in [-0.2, 0) is 24.6 Å². The van der Waals surface area contributed by atoms with Gasteiger partial charge in [0.1, 0.15) is 5.75 Å². The van der Waals surface area contributed by atoms with Gasteiger partial charge in [-0.3, -0.25) is 29.5 Å². The summed E-state index contributed by atoms with van der Waals surface area (Å²) in [6, 6.07) is 23.7. The highest BCUT2D eigenvalue weighted by Gasteiger charge is 2.70. The number of benzene rings is 3. The molecule has 2 heterocycles. The van der Waals surface area contributed by atoms with Gasteiger partial charge in [0, 0.05) is 11.5 Å². The topological polar surface area (TPSA) is 107 Å². The number of hydrogen-bond acceptors (Lipinski definition) is 6. The van der Waals surface area contributed by atoms with Crippen LogP contribution in [0.2, 0.25) is 0 Å². The van der Waals surface area contributed by atoms with E-state index < -0.39 is 40.5 Å². The van der Waals surface area contributed by atoms with Gasteiger partial charge in [0.05, 0.1) is 28.9 Å². The molecule has 7 rings (SSSR count). The normalized spacial score (nSPS) is 29.3. The summed E-state index contributed by atoms with van der Waals surface area (Å²) < 4.78 is 0. The summed E-state index contributed by atoms with van der Waals surface area (Å²) in [7, 11) is 0. The molecule has 0 unspecified atom stereocenters. The van der Waals surface area contributed by atoms with Crippen molar-refractivity contribution in [3.63, 3.8) is 0 Å². The maximum atomic E-state index is 15.0. The van der Waals surface area contributed by atoms with Gasteiger partial charge in [-0.25, -0.2) is 0 Å². The number of rotatable bonds is 4. The maximum Gasteiger partial charge on any atom is 0.260 e. The standard InChI is InChI=1S/C37H37N3O5/c1-21-13-15-24(16-14-21)38-40-33(43)29-20-28-26(17-18-27-30(28)34(44)39(32(27)42)36(2,3)4)31(22-9-8-12-25(41)19-22)37(29,35(40)45)23-10-6-5-7-11-23/h5-17,19,27-31,38,41H,18,20H2,1-4H3/t27-,28+,29-,30-,31-,37+/m0/s1. The number of likely N-dealkylation sites (tertiary alicyclic amines) is 1. The zero-order valence-corrected chi connectivity index (χ0v) is 25.9. The molecule has 45 heavy (non-hydrogen) atoms. The van der Waals surface area contributed by atoms with Crippen LogP contribution in [0.1, 0.15) is 56.2 Å². The molecular formula is C37H37N3O5. The summed E-state index contributed by atoms with van der Waals surface area (Å²) in [6.07, 6.45) is 2.64. The number of hydrogen-bond donors (Lipinski definition) is 2. The van der Waals surface area contributed by atoms with Crippen LogP contribution >= 0.6 is 0 Å². The minimum atomic E-state index is -1.35. The van der Waals surface area contributed by atoms with Gasteiger partial charge < -0.3 is 5.11 Å². The van der Waals surface area contributed by atoms with Crippen LogP contribution in [0.4, 0.5) is 5.69 Å². The van der Waals surface area contributed by atoms with Crippen molar-refractivity contribution >= 4 is 29.3 Å². The molecule has 4 amide bonds. The Labute approximate surface area is 262 Å². The molecule has 230 valence electrons. The Morgan fingerprint density at radius 1 is 0.844 bits per heavy atom. The van der Waals surface area contributed by atoms with Gasteiger partial charge in [-0.05, 0) is 81.8 Å². The lowest BCUT2D eigenvalue weighted by Gasteiger charge is -2.50. The fourth-order valence-corrected chi connectivity index (χ4v) is 8.49. The van der Waals surface area contributed by atoms with Crippen LogP contribution in [0.3, 0.4) is 0 Å². The van der Waals surface area contributed by atoms with Gasteiger partial charge >= 0.3 is 0 Å². The highest BCUT2D eigenvalue weighted by atomic mass is 16.3. The number of aryl methyl sites for hydroxylation is 1. The number of allylic oxidation sites excluding steroid dienone is 2. The Balaban J connectivity index is 1.44. The minimum absolute atomic E-state index is 0.0427. The average Bonchev–Trinajstić information content (AvgIpc) is 3.40. The second-order valence-electron chi connectivity index (χ2n) is 13.9. The molecule has 0 spiro atoms. The van der Waals surface area contributed by atoms with E-state index >= 15 is 4.79 Å². The molecule has 4 aliphatic rings. The number of amides is 4. The fourth-order valence-electron chi connectivity index (χ4n) is 8.49. The van der Waals surface area contributed by atoms with Gasteiger partial charge in [0.2, 0.25) is 11.8 Å². The van der Waals surface area contributed by atoms with E-state index in [-0.39, 0.29) is 35.8 Å². The lowest BCUT2D eigenvalue weighted by molar-refractivity contribution is -0.146. The zero-order valence-electron chi connectivity index (χ0n) is 25.9. The van der Waals surface area contributed by atoms with Gasteiger partial charge in [-0.1, -0.05) is 71.8 Å². The molecule has 3 aromatic carbocycles. The van der Waals surface area contributed by atoms with Gasteiger partial charge in [-0.15, -0.1) is 0 Å². The number of nitrogens with one attached hydrogen (secondary N) is 1. The molecule has 2 aliphatic heterocycles. The fraction of sp³-hybridized carbons (Fsp3) is 0.351. The van der Waals surface area contributed by atoms with E-state index in [9.17, 15) is 19.5 Å². The van der Waals surface area contributed by atoms with Crippen molar-refractivity contribution in [3.05, 3.63) is 107 Å². The second-order valence-corrected chi connectivity index (χ2v) is 13.9. The number of nitrogens with zero attached hydrogens (tertiary/aromatic N) is 2. The number of hydrazine groups is 1. The van der Waals surface area contributed by atoms with Crippen molar-refractivity contribution in [2.75, 3.05) is 5.43 Å². The van der Waals surface area contributed by atoms with Crippen molar-refractivity contribution in [1.82, 2.24) is 9.91 Å². The van der Waals surface area contributed by atoms with E-state index in [1.165, 1.54) is 4.90 Å². The average molecular weight is 604 g/mol. The highest BCUT2D eigenvalue weighted by molar-refractivity contribution is 6.13. The Bertz CT molecular complexity index is 1760. The summed E-state index contributed by atoms with van der Waals surface area (Å²) in [6.45, 7) is 7.55. The number of carbonyl (C=O) groups excluding carboxylic acids is 4. The number of fused-ring (bicyclic) bond motifs is 4. The summed E-state index contributed by atoms with van der Waals surface area (Å²) >= 11 is 0. The minimum Gasteiger partial charge on any atom is -0.508 e. The van der Waals surface area contributed by atoms with Crippen molar-refractivity contribution in [3.8, 4) is 5.75 Å². The van der Waals surface area contributed by atoms with E-state index in [1.807, 2.05) is 94.4 Å². The van der Waals surface area contributed by atoms with E-state index in [4.69, 9.17) is 0 Å². The van der Waals surface area contributed by atoms with Crippen molar-refractivity contribution in [2.45, 2.75) is 57.4 Å². The molecule has 0 bridgehead atoms. The SMILES string of the molecule is Cc1ccc(NN2C(=O)[C@@H]3C[C@@H]4C(=CC[C@@H]5C(=O)N(C(C)(C)C)C(=O)[C@@H]54)[C@H](c4cccc(O)c4)[C@]3(c3ccccc3)C2=O)cc1. The van der Waals surface area contributed by atoms with Crippen LogP contribution < -0.4 is 5.43 Å². The first kappa shape index (κ1) is 29.0. The summed E-state index contributed by atoms with van der Waals surface area (Å²) in [5.74, 6) is -4.20. The zero-order chi connectivity index (χ0) is 31.8. The van der Waals surface area contributed by atoms with Gasteiger partial charge in [0.25, 0.3) is 11.8 Å². The second kappa shape index (κ2) is 10.2. The largest absolute Gasteiger partial charge is 0.508 e. The molecule has 2 aliphatic carbocycles. The van der Waals surface area contributed by atoms with Crippen LogP contribution in [-0.4, -0.2) is 44.2 Å². The van der Waals surface area contributed by atoms with Crippen molar-refractivity contribution in [2.24, 2.45) is 23.7 Å². The number of anilines is 1. The molecule has 8 heteroatoms. The van der Waals surface area contributed by atoms with E-state index in [0.717, 1.165) is 16.1 Å². The molecular weight excluding hydrogens is 566 g/mol. The Kier molecular flexibility index (Phi) is 6.55. The third-order valence-corrected chi connectivity index (χ3v) is 10.3. The summed E-state index contributed by atoms with van der Waals surface area (Å²) in [5.41, 5.74) is 4.97. The first-order valence-corrected chi connectivity index (χ1v) is 15.6. The number of aromatic hydroxyl groups is 1. The molecule has 2 saturated heterocycles. The van der Waals surface area contributed by atoms with Crippen LogP contribution in [0.5, 0.6) is 5.75 Å². The number of imide groups is 2. The third kappa shape index (κ3) is 4.18. The predicted molar refractivity (Wildman–Crippen MR) is 169 cm³/mol. The first-order valence-electron chi connectivity index (χ1n) is 15.6. The van der Waals surface area contributed by atoms with Crippen LogP contribution in [0.25, 0.3) is 0 Å². The highest BCUT2D eigenvalue weighted by Crippen LogP contribution is 2.64. The number of phenols is 1. The van der Waals surface area contributed by atoms with E-state index in [0.29, 0.717) is 23.2 Å². The molecule has 8 nitrogen and oxygen atoms in total. The quantitative estimate of drug-likeness (QED) is 0.302. The summed E-state index contributed by atoms with van der Waals surface area (Å²) in [5, 5.41) is 11.8. The third-order valence-electron chi connectivity index (χ3n) is 10.3. The van der Waals surface area contributed by atoms with Crippen molar-refractivity contribution < 1.29 is 24.3 Å². The molecule has 3 fully saturated rings. The van der Waals surface area contributed by atoms with Gasteiger partial charge in [-0.2, -0.15) is 5.01 Å². The molecule has 3 aromatic rings. The Hall–Kier alpha value is -4.72. The molecule has 6 atom stereocenters. The van der Waals surface area contributed by atoms with E-state index in [2.05, 4.69) is 5.43 Å². The van der Waals surface area contributed by atoms with Crippen molar-refractivity contribution in [1.29, 1.82) is 0 Å². The first-order chi connectivity index (χ1) is 21.4. The Morgan fingerprint density at radius 3 is 2.22 bits per heavy atom. The lowest BCUT2D eigenvalue weighted by atomic mass is 9.49. The number of phenolic OH excluding ortho intramolecular Hbond substituents is 1. The van der Waals surface area contributed by atoms with E-state index in [1.54, 1.807) is 18.2 Å². The summed E-state index contributed by atoms with van der Waals surface area (Å²) in [4.78, 5) is 58.8. The Morgan fingerprint density at radius 2 is 1.56 bits per heavy atom. The smallest absolute Gasteiger partial charge is 0.260 e. The monoisotopic (exact) mass is 603 g/mol. The molecule has 0 radical (unpaired) electrons. The number of carbonyl (C=O) groups is 4. The van der Waals surface area contributed by atoms with Gasteiger partial charge in [0.15, 0.2) is 0 Å². The molecule has 2 N–H and O–H groups in total. The van der Waals surface area contributed by atoms with Crippen LogP contribution in [0.15, 0.2) is 90.5 Å². The maximum absolute atomic E-state index is 15.0.